The number of rotatable bonds is 8. The van der Waals surface area contributed by atoms with E-state index in [0.29, 0.717) is 37.9 Å². The Kier molecular flexibility index (Phi) is 8.48. The van der Waals surface area contributed by atoms with Crippen LogP contribution >= 0.6 is 34.8 Å². The lowest BCUT2D eigenvalue weighted by molar-refractivity contribution is -0.121. The highest BCUT2D eigenvalue weighted by molar-refractivity contribution is 6.76. The van der Waals surface area contributed by atoms with Crippen LogP contribution in [0.4, 0.5) is 0 Å². The summed E-state index contributed by atoms with van der Waals surface area (Å²) in [4.78, 5) is 27.9. The van der Waals surface area contributed by atoms with Crippen LogP contribution in [0.5, 0.6) is 5.75 Å². The van der Waals surface area contributed by atoms with E-state index in [1.165, 1.54) is 0 Å². The summed E-state index contributed by atoms with van der Waals surface area (Å²) in [5.41, 5.74) is 2.64. The first-order chi connectivity index (χ1) is 17.6. The topological polar surface area (TPSA) is 69.6 Å². The maximum absolute atomic E-state index is 13.5. The van der Waals surface area contributed by atoms with Gasteiger partial charge in [0.25, 0.3) is 15.6 Å². The lowest BCUT2D eigenvalue weighted by Crippen LogP contribution is -2.51. The fraction of sp³-hybridized carbons (Fsp3) is 0.241. The number of alkyl halides is 3. The van der Waals surface area contributed by atoms with Gasteiger partial charge in [-0.05, 0) is 54.7 Å². The van der Waals surface area contributed by atoms with Crippen molar-refractivity contribution in [2.45, 2.75) is 35.1 Å². The van der Waals surface area contributed by atoms with Crippen molar-refractivity contribution in [1.82, 2.24) is 10.2 Å². The van der Waals surface area contributed by atoms with Gasteiger partial charge >= 0.3 is 0 Å². The highest BCUT2D eigenvalue weighted by atomic mass is 35.6. The number of hydrogen-bond acceptors (Lipinski definition) is 3. The van der Waals surface area contributed by atoms with Gasteiger partial charge in [-0.1, -0.05) is 107 Å². The zero-order valence-electron chi connectivity index (χ0n) is 20.0. The fourth-order valence-electron chi connectivity index (χ4n) is 4.67. The predicted molar refractivity (Wildman–Crippen MR) is 148 cm³/mol. The number of phenolic OH excluding ortho intramolecular Hbond substituents is 1. The van der Waals surface area contributed by atoms with Gasteiger partial charge in [0.2, 0.25) is 0 Å². The second kappa shape index (κ2) is 11.6. The van der Waals surface area contributed by atoms with Crippen LogP contribution in [0, 0.1) is 0 Å². The van der Waals surface area contributed by atoms with Crippen LogP contribution in [0.3, 0.4) is 0 Å². The molecule has 0 aliphatic heterocycles. The zero-order chi connectivity index (χ0) is 26.5. The molecule has 0 spiro atoms. The first-order valence-electron chi connectivity index (χ1n) is 11.9. The van der Waals surface area contributed by atoms with Crippen LogP contribution in [0.25, 0.3) is 0 Å². The molecule has 37 heavy (non-hydrogen) atoms. The smallest absolute Gasteiger partial charge is 0.272 e. The van der Waals surface area contributed by atoms with E-state index in [2.05, 4.69) is 5.32 Å². The van der Waals surface area contributed by atoms with Crippen LogP contribution in [0.15, 0.2) is 96.6 Å². The largest absolute Gasteiger partial charge is 0.508 e. The second-order valence-electron chi connectivity index (χ2n) is 9.27. The molecule has 0 bridgehead atoms. The molecule has 0 aromatic heterocycles. The third-order valence-corrected chi connectivity index (χ3v) is 6.86. The van der Waals surface area contributed by atoms with Crippen LogP contribution < -0.4 is 5.32 Å². The molecule has 192 valence electrons. The summed E-state index contributed by atoms with van der Waals surface area (Å²) in [6, 6.07) is 25.7. The number of amides is 2. The number of benzene rings is 3. The van der Waals surface area contributed by atoms with Gasteiger partial charge in [-0.3, -0.25) is 9.59 Å². The third-order valence-electron chi connectivity index (χ3n) is 6.34. The van der Waals surface area contributed by atoms with Gasteiger partial charge < -0.3 is 15.3 Å². The van der Waals surface area contributed by atoms with Crippen molar-refractivity contribution in [2.24, 2.45) is 0 Å². The number of nitrogens with one attached hydrogen (secondary N) is 1. The molecule has 0 radical (unpaired) electrons. The molecule has 0 heterocycles. The summed E-state index contributed by atoms with van der Waals surface area (Å²) in [5.74, 6) is -0.681. The molecular formula is C29H27Cl3N2O3. The maximum atomic E-state index is 13.5. The zero-order valence-corrected chi connectivity index (χ0v) is 22.3. The van der Waals surface area contributed by atoms with Gasteiger partial charge in [-0.2, -0.15) is 0 Å². The molecule has 2 amide bonds. The number of phenols is 1. The highest BCUT2D eigenvalue weighted by Crippen LogP contribution is 2.35. The fourth-order valence-corrected chi connectivity index (χ4v) is 4.81. The SMILES string of the molecule is O=C(c1ccccc1)N(CC1=CC(Cc2ccccc2)(NC(=O)C(Cl)(Cl)Cl)CC1)Cc1cccc(O)c1. The van der Waals surface area contributed by atoms with Gasteiger partial charge in [0, 0.05) is 18.7 Å². The Labute approximate surface area is 231 Å². The summed E-state index contributed by atoms with van der Waals surface area (Å²) in [7, 11) is 0. The van der Waals surface area contributed by atoms with E-state index in [4.69, 9.17) is 34.8 Å². The Balaban J connectivity index is 1.63. The lowest BCUT2D eigenvalue weighted by atomic mass is 9.90. The normalized spacial score (nSPS) is 17.2. The number of hydrogen-bond donors (Lipinski definition) is 2. The minimum absolute atomic E-state index is 0.129. The van der Waals surface area contributed by atoms with Crippen molar-refractivity contribution in [3.63, 3.8) is 0 Å². The molecule has 2 N–H and O–H groups in total. The number of carbonyl (C=O) groups is 2. The maximum Gasteiger partial charge on any atom is 0.272 e. The Bertz CT molecular complexity index is 1280. The van der Waals surface area contributed by atoms with E-state index in [9.17, 15) is 14.7 Å². The summed E-state index contributed by atoms with van der Waals surface area (Å²) in [6.45, 7) is 0.662. The number of halogens is 3. The molecule has 4 rings (SSSR count). The summed E-state index contributed by atoms with van der Waals surface area (Å²) in [5, 5.41) is 12.9. The van der Waals surface area contributed by atoms with Crippen molar-refractivity contribution in [3.05, 3.63) is 113 Å². The minimum Gasteiger partial charge on any atom is -0.508 e. The standard InChI is InChI=1S/C29H27Cl3N2O3/c30-29(31,32)27(37)33-28(17-21-8-3-1-4-9-21)15-14-23(18-28)20-34(19-22-10-7-13-25(35)16-22)26(36)24-11-5-2-6-12-24/h1-13,16,18,35H,14-15,17,19-20H2,(H,33,37). The Hall–Kier alpha value is -2.99. The number of nitrogens with zero attached hydrogens (tertiary/aromatic N) is 1. The van der Waals surface area contributed by atoms with Crippen LogP contribution in [0.1, 0.15) is 34.3 Å². The van der Waals surface area contributed by atoms with E-state index < -0.39 is 15.2 Å². The van der Waals surface area contributed by atoms with Gasteiger partial charge in [-0.15, -0.1) is 0 Å². The van der Waals surface area contributed by atoms with Crippen LogP contribution in [0.2, 0.25) is 0 Å². The first-order valence-corrected chi connectivity index (χ1v) is 13.0. The van der Waals surface area contributed by atoms with Gasteiger partial charge in [0.1, 0.15) is 5.75 Å². The van der Waals surface area contributed by atoms with Gasteiger partial charge in [0.15, 0.2) is 0 Å². The third kappa shape index (κ3) is 7.29. The van der Waals surface area contributed by atoms with Crippen LogP contribution in [-0.2, 0) is 17.8 Å². The van der Waals surface area contributed by atoms with Crippen molar-refractivity contribution < 1.29 is 14.7 Å². The van der Waals surface area contributed by atoms with Crippen molar-refractivity contribution in [2.75, 3.05) is 6.54 Å². The average Bonchev–Trinajstić information content (AvgIpc) is 3.25. The lowest BCUT2D eigenvalue weighted by Gasteiger charge is -2.30. The minimum atomic E-state index is -2.09. The van der Waals surface area contributed by atoms with E-state index in [1.807, 2.05) is 60.7 Å². The molecule has 1 aliphatic rings. The van der Waals surface area contributed by atoms with E-state index in [1.54, 1.807) is 35.2 Å². The molecule has 0 saturated carbocycles. The Morgan fingerprint density at radius 2 is 1.54 bits per heavy atom. The van der Waals surface area contributed by atoms with E-state index in [-0.39, 0.29) is 11.7 Å². The first kappa shape index (κ1) is 27.1. The summed E-state index contributed by atoms with van der Waals surface area (Å²) in [6.07, 6.45) is 3.78. The summed E-state index contributed by atoms with van der Waals surface area (Å²) < 4.78 is -2.09. The van der Waals surface area contributed by atoms with Crippen molar-refractivity contribution >= 4 is 46.6 Å². The summed E-state index contributed by atoms with van der Waals surface area (Å²) >= 11 is 17.7. The second-order valence-corrected chi connectivity index (χ2v) is 11.6. The molecule has 5 nitrogen and oxygen atoms in total. The molecule has 3 aromatic rings. The molecule has 1 atom stereocenters. The number of carbonyl (C=O) groups excluding carboxylic acids is 2. The molecule has 8 heteroatoms. The molecule has 1 aliphatic carbocycles. The Morgan fingerprint density at radius 3 is 2.19 bits per heavy atom. The van der Waals surface area contributed by atoms with Crippen LogP contribution in [-0.4, -0.2) is 37.7 Å². The number of aromatic hydroxyl groups is 1. The van der Waals surface area contributed by atoms with Crippen molar-refractivity contribution in [3.8, 4) is 5.75 Å². The molecular weight excluding hydrogens is 531 g/mol. The predicted octanol–water partition coefficient (Wildman–Crippen LogP) is 6.22. The quantitative estimate of drug-likeness (QED) is 0.255. The molecule has 1 unspecified atom stereocenters. The highest BCUT2D eigenvalue weighted by Gasteiger charge is 2.40. The van der Waals surface area contributed by atoms with E-state index in [0.717, 1.165) is 16.7 Å². The molecule has 0 fully saturated rings. The molecule has 0 saturated heterocycles. The average molecular weight is 558 g/mol. The van der Waals surface area contributed by atoms with Gasteiger partial charge in [-0.25, -0.2) is 0 Å². The van der Waals surface area contributed by atoms with Crippen molar-refractivity contribution in [1.29, 1.82) is 0 Å². The van der Waals surface area contributed by atoms with E-state index >= 15 is 0 Å². The monoisotopic (exact) mass is 556 g/mol. The van der Waals surface area contributed by atoms with Gasteiger partial charge in [0.05, 0.1) is 5.54 Å². The molecule has 3 aromatic carbocycles. The Morgan fingerprint density at radius 1 is 0.892 bits per heavy atom.